The Morgan fingerprint density at radius 3 is 3.06 bits per heavy atom. The smallest absolute Gasteiger partial charge is 0.251 e. The van der Waals surface area contributed by atoms with Crippen LogP contribution in [0.15, 0.2) is 22.7 Å². The molecule has 0 radical (unpaired) electrons. The fourth-order valence-corrected chi connectivity index (χ4v) is 2.44. The largest absolute Gasteiger partial charge is 0.381 e. The maximum Gasteiger partial charge on any atom is 0.251 e. The van der Waals surface area contributed by atoms with Crippen LogP contribution in [0.3, 0.4) is 0 Å². The third-order valence-corrected chi connectivity index (χ3v) is 4.26. The molecule has 1 amide bonds. The summed E-state index contributed by atoms with van der Waals surface area (Å²) in [5, 5.41) is 3.52. The van der Waals surface area contributed by atoms with Gasteiger partial charge in [-0.25, -0.2) is 0 Å². The molecule has 1 aromatic carbocycles. The Hall–Kier alpha value is -0.580. The number of nitrogens with one attached hydrogen (secondary N) is 1. The number of halogens is 2. The number of benzene rings is 1. The molecule has 1 aromatic rings. The topological polar surface area (TPSA) is 38.3 Å². The molecule has 98 valence electrons. The Balaban J connectivity index is 1.81. The van der Waals surface area contributed by atoms with E-state index in [1.807, 2.05) is 0 Å². The summed E-state index contributed by atoms with van der Waals surface area (Å²) in [5.74, 6) is 0.522. The predicted molar refractivity (Wildman–Crippen MR) is 75.0 cm³/mol. The molecule has 1 fully saturated rings. The lowest BCUT2D eigenvalue weighted by atomic mass is 10.1. The van der Waals surface area contributed by atoms with E-state index in [-0.39, 0.29) is 5.91 Å². The Labute approximate surface area is 120 Å². The lowest BCUT2D eigenvalue weighted by Gasteiger charge is -2.09. The van der Waals surface area contributed by atoms with Crippen molar-refractivity contribution >= 4 is 33.4 Å². The van der Waals surface area contributed by atoms with Crippen LogP contribution in [0.4, 0.5) is 0 Å². The van der Waals surface area contributed by atoms with E-state index in [9.17, 15) is 4.79 Å². The molecular formula is C13H15BrClNO2. The van der Waals surface area contributed by atoms with E-state index in [0.29, 0.717) is 23.0 Å². The third-order valence-electron chi connectivity index (χ3n) is 3.04. The van der Waals surface area contributed by atoms with E-state index in [1.54, 1.807) is 18.2 Å². The number of carbonyl (C=O) groups excluding carboxylic acids is 1. The molecule has 1 aliphatic rings. The average Bonchev–Trinajstić information content (AvgIpc) is 2.85. The van der Waals surface area contributed by atoms with Crippen molar-refractivity contribution in [2.24, 2.45) is 5.92 Å². The van der Waals surface area contributed by atoms with Crippen LogP contribution < -0.4 is 5.32 Å². The fourth-order valence-electron chi connectivity index (χ4n) is 1.94. The molecule has 0 aliphatic carbocycles. The molecule has 1 unspecified atom stereocenters. The SMILES string of the molecule is O=C(NCCC1CCOC1)c1ccc(Cl)c(Br)c1. The minimum Gasteiger partial charge on any atom is -0.381 e. The van der Waals surface area contributed by atoms with Crippen LogP contribution in [0.5, 0.6) is 0 Å². The molecule has 0 bridgehead atoms. The van der Waals surface area contributed by atoms with Gasteiger partial charge in [0.05, 0.1) is 5.02 Å². The standard InChI is InChI=1S/C13H15BrClNO2/c14-11-7-10(1-2-12(11)15)13(17)16-5-3-9-4-6-18-8-9/h1-2,7,9H,3-6,8H2,(H,16,17). The highest BCUT2D eigenvalue weighted by Crippen LogP contribution is 2.23. The predicted octanol–water partition coefficient (Wildman–Crippen LogP) is 3.26. The summed E-state index contributed by atoms with van der Waals surface area (Å²) in [6.45, 7) is 2.36. The second-order valence-corrected chi connectivity index (χ2v) is 5.66. The quantitative estimate of drug-likeness (QED) is 0.919. The number of ether oxygens (including phenoxy) is 1. The van der Waals surface area contributed by atoms with Crippen molar-refractivity contribution in [2.45, 2.75) is 12.8 Å². The molecular weight excluding hydrogens is 318 g/mol. The van der Waals surface area contributed by atoms with E-state index in [4.69, 9.17) is 16.3 Å². The highest BCUT2D eigenvalue weighted by Gasteiger charge is 2.15. The minimum absolute atomic E-state index is 0.0636. The van der Waals surface area contributed by atoms with E-state index in [0.717, 1.165) is 30.5 Å². The van der Waals surface area contributed by atoms with Gasteiger partial charge >= 0.3 is 0 Å². The molecule has 0 aromatic heterocycles. The number of hydrogen-bond acceptors (Lipinski definition) is 2. The molecule has 1 saturated heterocycles. The zero-order valence-electron chi connectivity index (χ0n) is 9.92. The molecule has 5 heteroatoms. The monoisotopic (exact) mass is 331 g/mol. The molecule has 1 heterocycles. The highest BCUT2D eigenvalue weighted by atomic mass is 79.9. The van der Waals surface area contributed by atoms with Gasteiger partial charge < -0.3 is 10.1 Å². The highest BCUT2D eigenvalue weighted by molar-refractivity contribution is 9.10. The number of carbonyl (C=O) groups is 1. The molecule has 0 saturated carbocycles. The van der Waals surface area contributed by atoms with Crippen molar-refractivity contribution in [3.05, 3.63) is 33.3 Å². The molecule has 3 nitrogen and oxygen atoms in total. The Morgan fingerprint density at radius 2 is 2.39 bits per heavy atom. The molecule has 0 spiro atoms. The third kappa shape index (κ3) is 3.70. The van der Waals surface area contributed by atoms with Crippen LogP contribution in [0, 0.1) is 5.92 Å². The van der Waals surface area contributed by atoms with Gasteiger partial charge in [-0.05, 0) is 52.9 Å². The first-order chi connectivity index (χ1) is 8.66. The van der Waals surface area contributed by atoms with E-state index in [1.165, 1.54) is 0 Å². The Morgan fingerprint density at radius 1 is 1.56 bits per heavy atom. The van der Waals surface area contributed by atoms with Crippen molar-refractivity contribution in [1.29, 1.82) is 0 Å². The van der Waals surface area contributed by atoms with Crippen LogP contribution >= 0.6 is 27.5 Å². The lowest BCUT2D eigenvalue weighted by molar-refractivity contribution is 0.0950. The van der Waals surface area contributed by atoms with Crippen molar-refractivity contribution in [3.8, 4) is 0 Å². The summed E-state index contributed by atoms with van der Waals surface area (Å²) in [6.07, 6.45) is 2.07. The average molecular weight is 333 g/mol. The first-order valence-corrected chi connectivity index (χ1v) is 7.15. The van der Waals surface area contributed by atoms with Crippen LogP contribution in [0.2, 0.25) is 5.02 Å². The first kappa shape index (κ1) is 13.8. The van der Waals surface area contributed by atoms with Gasteiger partial charge in [0.2, 0.25) is 0 Å². The van der Waals surface area contributed by atoms with Crippen LogP contribution in [0.25, 0.3) is 0 Å². The maximum absolute atomic E-state index is 11.9. The van der Waals surface area contributed by atoms with Gasteiger partial charge in [0.15, 0.2) is 0 Å². The summed E-state index contributed by atoms with van der Waals surface area (Å²) in [4.78, 5) is 11.9. The van der Waals surface area contributed by atoms with E-state index >= 15 is 0 Å². The van der Waals surface area contributed by atoms with Gasteiger partial charge in [0.1, 0.15) is 0 Å². The second-order valence-electron chi connectivity index (χ2n) is 4.40. The summed E-state index contributed by atoms with van der Waals surface area (Å²) in [6, 6.07) is 5.17. The van der Waals surface area contributed by atoms with E-state index in [2.05, 4.69) is 21.2 Å². The Bertz CT molecular complexity index is 433. The van der Waals surface area contributed by atoms with Crippen LogP contribution in [-0.4, -0.2) is 25.7 Å². The normalized spacial score (nSPS) is 18.9. The van der Waals surface area contributed by atoms with Gasteiger partial charge in [-0.3, -0.25) is 4.79 Å². The zero-order chi connectivity index (χ0) is 13.0. The maximum atomic E-state index is 11.9. The summed E-state index contributed by atoms with van der Waals surface area (Å²) >= 11 is 9.19. The molecule has 1 N–H and O–H groups in total. The molecule has 18 heavy (non-hydrogen) atoms. The van der Waals surface area contributed by atoms with Crippen molar-refractivity contribution < 1.29 is 9.53 Å². The van der Waals surface area contributed by atoms with Crippen LogP contribution in [-0.2, 0) is 4.74 Å². The minimum atomic E-state index is -0.0636. The lowest BCUT2D eigenvalue weighted by Crippen LogP contribution is -2.26. The fraction of sp³-hybridized carbons (Fsp3) is 0.462. The first-order valence-electron chi connectivity index (χ1n) is 5.98. The van der Waals surface area contributed by atoms with Gasteiger partial charge in [0.25, 0.3) is 5.91 Å². The number of rotatable bonds is 4. The summed E-state index contributed by atoms with van der Waals surface area (Å²) < 4.78 is 6.03. The van der Waals surface area contributed by atoms with Crippen LogP contribution in [0.1, 0.15) is 23.2 Å². The second kappa shape index (κ2) is 6.55. The van der Waals surface area contributed by atoms with Gasteiger partial charge in [-0.1, -0.05) is 11.6 Å². The summed E-state index contributed by atoms with van der Waals surface area (Å²) in [7, 11) is 0. The Kier molecular flexibility index (Phi) is 5.03. The molecule has 1 aliphatic heterocycles. The van der Waals surface area contributed by atoms with E-state index < -0.39 is 0 Å². The van der Waals surface area contributed by atoms with Crippen molar-refractivity contribution in [3.63, 3.8) is 0 Å². The van der Waals surface area contributed by atoms with Gasteiger partial charge in [-0.15, -0.1) is 0 Å². The van der Waals surface area contributed by atoms with Crippen molar-refractivity contribution in [2.75, 3.05) is 19.8 Å². The van der Waals surface area contributed by atoms with Gasteiger partial charge in [-0.2, -0.15) is 0 Å². The summed E-state index contributed by atoms with van der Waals surface area (Å²) in [5.41, 5.74) is 0.619. The molecule has 1 atom stereocenters. The zero-order valence-corrected chi connectivity index (χ0v) is 12.3. The molecule has 2 rings (SSSR count). The number of amides is 1. The van der Waals surface area contributed by atoms with Crippen molar-refractivity contribution in [1.82, 2.24) is 5.32 Å². The number of hydrogen-bond donors (Lipinski definition) is 1. The van der Waals surface area contributed by atoms with Gasteiger partial charge in [0, 0.05) is 29.8 Å².